The molecule has 0 aliphatic carbocycles. The first kappa shape index (κ1) is 16.9. The van der Waals surface area contributed by atoms with E-state index in [1.54, 1.807) is 24.4 Å². The number of amides is 2. The molecule has 1 N–H and O–H groups in total. The number of ether oxygens (including phenoxy) is 1. The van der Waals surface area contributed by atoms with Crippen LogP contribution in [0.15, 0.2) is 30.6 Å². The molecule has 25 heavy (non-hydrogen) atoms. The molecule has 1 aliphatic rings. The summed E-state index contributed by atoms with van der Waals surface area (Å²) >= 11 is 0. The summed E-state index contributed by atoms with van der Waals surface area (Å²) in [4.78, 5) is 34.7. The third kappa shape index (κ3) is 3.45. The Kier molecular flexibility index (Phi) is 4.65. The van der Waals surface area contributed by atoms with Crippen molar-refractivity contribution in [1.29, 1.82) is 0 Å². The molecule has 1 unspecified atom stereocenters. The van der Waals surface area contributed by atoms with Gasteiger partial charge in [0.15, 0.2) is 5.82 Å². The van der Waals surface area contributed by atoms with Crippen molar-refractivity contribution >= 4 is 23.3 Å². The first-order chi connectivity index (χ1) is 12.0. The summed E-state index contributed by atoms with van der Waals surface area (Å²) in [6, 6.07) is 4.99. The van der Waals surface area contributed by atoms with Gasteiger partial charge in [0.05, 0.1) is 11.8 Å². The van der Waals surface area contributed by atoms with Gasteiger partial charge in [-0.15, -0.1) is 0 Å². The maximum Gasteiger partial charge on any atom is 0.260 e. The van der Waals surface area contributed by atoms with Gasteiger partial charge in [-0.1, -0.05) is 6.92 Å². The Morgan fingerprint density at radius 3 is 2.88 bits per heavy atom. The van der Waals surface area contributed by atoms with E-state index in [9.17, 15) is 9.59 Å². The predicted octanol–water partition coefficient (Wildman–Crippen LogP) is 2.56. The van der Waals surface area contributed by atoms with E-state index in [4.69, 9.17) is 4.74 Å². The van der Waals surface area contributed by atoms with Gasteiger partial charge in [0.2, 0.25) is 11.8 Å². The number of aryl methyl sites for hydroxylation is 1. The van der Waals surface area contributed by atoms with E-state index < -0.39 is 0 Å². The molecule has 3 heterocycles. The van der Waals surface area contributed by atoms with E-state index in [1.807, 2.05) is 20.8 Å². The first-order valence-corrected chi connectivity index (χ1v) is 8.19. The van der Waals surface area contributed by atoms with Crippen LogP contribution in [-0.2, 0) is 4.79 Å². The summed E-state index contributed by atoms with van der Waals surface area (Å²) in [5.74, 6) is 0.276. The number of anilines is 2. The smallest absolute Gasteiger partial charge is 0.260 e. The fourth-order valence-electron chi connectivity index (χ4n) is 2.52. The highest BCUT2D eigenvalue weighted by atomic mass is 16.5. The van der Waals surface area contributed by atoms with Gasteiger partial charge in [0.1, 0.15) is 6.54 Å². The maximum atomic E-state index is 12.9. The average molecular weight is 340 g/mol. The van der Waals surface area contributed by atoms with Gasteiger partial charge in [-0.3, -0.25) is 14.5 Å². The summed E-state index contributed by atoms with van der Waals surface area (Å²) in [6.45, 7) is 5.73. The number of carbonyl (C=O) groups is 2. The van der Waals surface area contributed by atoms with Crippen LogP contribution in [0.2, 0.25) is 0 Å². The number of hydrogen-bond donors (Lipinski definition) is 1. The third-order valence-electron chi connectivity index (χ3n) is 4.08. The van der Waals surface area contributed by atoms with E-state index in [-0.39, 0.29) is 24.5 Å². The minimum Gasteiger partial charge on any atom is -0.475 e. The van der Waals surface area contributed by atoms with Crippen molar-refractivity contribution in [3.8, 4) is 5.88 Å². The van der Waals surface area contributed by atoms with Crippen LogP contribution in [0.1, 0.15) is 36.2 Å². The lowest BCUT2D eigenvalue weighted by Gasteiger charge is -2.29. The van der Waals surface area contributed by atoms with Crippen LogP contribution in [0.5, 0.6) is 5.88 Å². The SMILES string of the molecule is CCC(C)Oc1cc(C(=O)N2CC(=O)Nc3c(C)ccnc32)ccn1. The molecule has 2 aromatic rings. The third-order valence-corrected chi connectivity index (χ3v) is 4.08. The highest BCUT2D eigenvalue weighted by Gasteiger charge is 2.30. The van der Waals surface area contributed by atoms with Crippen molar-refractivity contribution < 1.29 is 14.3 Å². The summed E-state index contributed by atoms with van der Waals surface area (Å²) in [5, 5.41) is 2.78. The summed E-state index contributed by atoms with van der Waals surface area (Å²) in [5.41, 5.74) is 1.82. The number of pyridine rings is 2. The van der Waals surface area contributed by atoms with Crippen LogP contribution in [-0.4, -0.2) is 34.4 Å². The number of carbonyl (C=O) groups excluding carboxylic acids is 2. The fraction of sp³-hybridized carbons (Fsp3) is 0.333. The lowest BCUT2D eigenvalue weighted by atomic mass is 10.1. The van der Waals surface area contributed by atoms with Crippen molar-refractivity contribution in [3.63, 3.8) is 0 Å². The number of aromatic nitrogens is 2. The Balaban J connectivity index is 1.93. The molecule has 2 amide bonds. The molecule has 0 aromatic carbocycles. The van der Waals surface area contributed by atoms with Crippen molar-refractivity contribution in [1.82, 2.24) is 9.97 Å². The molecule has 2 aromatic heterocycles. The molecule has 7 heteroatoms. The van der Waals surface area contributed by atoms with Crippen LogP contribution in [0, 0.1) is 6.92 Å². The molecule has 0 saturated heterocycles. The molecule has 0 fully saturated rings. The second kappa shape index (κ2) is 6.88. The molecular weight excluding hydrogens is 320 g/mol. The number of nitrogens with zero attached hydrogens (tertiary/aromatic N) is 3. The van der Waals surface area contributed by atoms with Gasteiger partial charge in [-0.25, -0.2) is 9.97 Å². The highest BCUT2D eigenvalue weighted by Crippen LogP contribution is 2.31. The lowest BCUT2D eigenvalue weighted by Crippen LogP contribution is -2.43. The molecule has 1 aliphatic heterocycles. The van der Waals surface area contributed by atoms with Gasteiger partial charge < -0.3 is 10.1 Å². The zero-order chi connectivity index (χ0) is 18.0. The van der Waals surface area contributed by atoms with Gasteiger partial charge in [-0.05, 0) is 38.0 Å². The Labute approximate surface area is 146 Å². The minimum atomic E-state index is -0.314. The van der Waals surface area contributed by atoms with E-state index in [0.717, 1.165) is 12.0 Å². The standard InChI is InChI=1S/C18H20N4O3/c1-4-12(3)25-15-9-13(6-8-19-15)18(24)22-10-14(23)21-16-11(2)5-7-20-17(16)22/h5-9,12H,4,10H2,1-3H3,(H,21,23). The topological polar surface area (TPSA) is 84.4 Å². The van der Waals surface area contributed by atoms with Gasteiger partial charge >= 0.3 is 0 Å². The van der Waals surface area contributed by atoms with Crippen molar-refractivity contribution in [2.45, 2.75) is 33.3 Å². The Hall–Kier alpha value is -2.96. The zero-order valence-corrected chi connectivity index (χ0v) is 14.4. The summed E-state index contributed by atoms with van der Waals surface area (Å²) < 4.78 is 5.67. The molecule has 0 bridgehead atoms. The predicted molar refractivity (Wildman–Crippen MR) is 93.9 cm³/mol. The Bertz CT molecular complexity index is 822. The monoisotopic (exact) mass is 340 g/mol. The number of rotatable bonds is 4. The molecule has 0 spiro atoms. The number of fused-ring (bicyclic) bond motifs is 1. The first-order valence-electron chi connectivity index (χ1n) is 8.19. The molecule has 130 valence electrons. The summed E-state index contributed by atoms with van der Waals surface area (Å²) in [6.07, 6.45) is 3.99. The van der Waals surface area contributed by atoms with Crippen molar-refractivity contribution in [2.75, 3.05) is 16.8 Å². The van der Waals surface area contributed by atoms with Crippen LogP contribution < -0.4 is 15.0 Å². The molecule has 1 atom stereocenters. The normalized spacial score (nSPS) is 14.5. The second-order valence-electron chi connectivity index (χ2n) is 5.99. The van der Waals surface area contributed by atoms with Crippen LogP contribution >= 0.6 is 0 Å². The van der Waals surface area contributed by atoms with E-state index >= 15 is 0 Å². The van der Waals surface area contributed by atoms with Crippen molar-refractivity contribution in [2.24, 2.45) is 0 Å². The van der Waals surface area contributed by atoms with Gasteiger partial charge in [0.25, 0.3) is 5.91 Å². The lowest BCUT2D eigenvalue weighted by molar-refractivity contribution is -0.115. The van der Waals surface area contributed by atoms with Gasteiger partial charge in [-0.2, -0.15) is 0 Å². The molecular formula is C18H20N4O3. The quantitative estimate of drug-likeness (QED) is 0.925. The molecule has 3 rings (SSSR count). The van der Waals surface area contributed by atoms with E-state index in [2.05, 4.69) is 15.3 Å². The number of nitrogens with one attached hydrogen (secondary N) is 1. The zero-order valence-electron chi connectivity index (χ0n) is 14.4. The summed E-state index contributed by atoms with van der Waals surface area (Å²) in [7, 11) is 0. The van der Waals surface area contributed by atoms with Crippen LogP contribution in [0.3, 0.4) is 0 Å². The molecule has 0 radical (unpaired) electrons. The molecule has 7 nitrogen and oxygen atoms in total. The largest absolute Gasteiger partial charge is 0.475 e. The average Bonchev–Trinajstić information content (AvgIpc) is 2.61. The van der Waals surface area contributed by atoms with E-state index in [0.29, 0.717) is 22.9 Å². The highest BCUT2D eigenvalue weighted by molar-refractivity contribution is 6.14. The second-order valence-corrected chi connectivity index (χ2v) is 5.99. The van der Waals surface area contributed by atoms with Crippen molar-refractivity contribution in [3.05, 3.63) is 41.7 Å². The number of hydrogen-bond acceptors (Lipinski definition) is 5. The van der Waals surface area contributed by atoms with Crippen LogP contribution in [0.4, 0.5) is 11.5 Å². The van der Waals surface area contributed by atoms with E-state index in [1.165, 1.54) is 11.1 Å². The maximum absolute atomic E-state index is 12.9. The fourth-order valence-corrected chi connectivity index (χ4v) is 2.52. The van der Waals surface area contributed by atoms with Crippen LogP contribution in [0.25, 0.3) is 0 Å². The minimum absolute atomic E-state index is 0.00339. The molecule has 0 saturated carbocycles. The Morgan fingerprint density at radius 1 is 1.36 bits per heavy atom. The Morgan fingerprint density at radius 2 is 2.12 bits per heavy atom. The van der Waals surface area contributed by atoms with Gasteiger partial charge in [0, 0.05) is 24.0 Å².